The number of aliphatic carboxylic acids is 1. The first-order chi connectivity index (χ1) is 8.61. The van der Waals surface area contributed by atoms with E-state index in [0.29, 0.717) is 0 Å². The Balaban J connectivity index is 2.30. The lowest BCUT2D eigenvalue weighted by Crippen LogP contribution is -2.35. The molecule has 0 bridgehead atoms. The van der Waals surface area contributed by atoms with Gasteiger partial charge in [0.05, 0.1) is 6.54 Å². The zero-order valence-corrected chi connectivity index (χ0v) is 12.6. The Bertz CT molecular complexity index is 453. The van der Waals surface area contributed by atoms with Crippen LogP contribution in [0.5, 0.6) is 0 Å². The van der Waals surface area contributed by atoms with Crippen molar-refractivity contribution in [3.8, 4) is 0 Å². The van der Waals surface area contributed by atoms with E-state index in [1.165, 1.54) is 10.5 Å². The van der Waals surface area contributed by atoms with Crippen LogP contribution in [0.25, 0.3) is 0 Å². The maximum Gasteiger partial charge on any atom is 0.317 e. The monoisotopic (exact) mass is 329 g/mol. The van der Waals surface area contributed by atoms with E-state index < -0.39 is 5.97 Å². The van der Waals surface area contributed by atoms with Crippen LogP contribution < -0.4 is 0 Å². The molecule has 0 fully saturated rings. The molecule has 18 heavy (non-hydrogen) atoms. The smallest absolute Gasteiger partial charge is 0.317 e. The summed E-state index contributed by atoms with van der Waals surface area (Å²) in [7, 11) is 0. The number of hydrogen-bond acceptors (Lipinski definition) is 3. The fourth-order valence-corrected chi connectivity index (χ4v) is 3.81. The predicted molar refractivity (Wildman–Crippen MR) is 77.1 cm³/mol. The van der Waals surface area contributed by atoms with Crippen LogP contribution in [0.4, 0.5) is 0 Å². The number of rotatable bonds is 4. The van der Waals surface area contributed by atoms with Crippen molar-refractivity contribution in [1.82, 2.24) is 4.90 Å². The summed E-state index contributed by atoms with van der Waals surface area (Å²) in [6.07, 6.45) is 1.01. The minimum atomic E-state index is -0.758. The molecule has 0 saturated heterocycles. The standard InChI is InChI=1S/C13H16BrNO2S/c1-2-15(8-13(16)17)11-5-6-18-12-4-3-9(14)7-10(11)12/h3-4,7,11H,2,5-6,8H2,1H3,(H,16,17)/t11-/m1/s1. The summed E-state index contributed by atoms with van der Waals surface area (Å²) in [5, 5.41) is 8.99. The van der Waals surface area contributed by atoms with Crippen LogP contribution in [0, 0.1) is 0 Å². The molecule has 3 nitrogen and oxygen atoms in total. The zero-order chi connectivity index (χ0) is 13.1. The molecule has 1 aromatic rings. The Morgan fingerprint density at radius 3 is 3.06 bits per heavy atom. The second-order valence-corrected chi connectivity index (χ2v) is 6.34. The predicted octanol–water partition coefficient (Wildman–Crippen LogP) is 3.39. The number of thioether (sulfide) groups is 1. The van der Waals surface area contributed by atoms with Gasteiger partial charge < -0.3 is 5.11 Å². The molecule has 1 aromatic carbocycles. The van der Waals surface area contributed by atoms with Crippen LogP contribution in [-0.2, 0) is 4.79 Å². The largest absolute Gasteiger partial charge is 0.480 e. The lowest BCUT2D eigenvalue weighted by molar-refractivity contribution is -0.138. The Morgan fingerprint density at radius 1 is 1.61 bits per heavy atom. The highest BCUT2D eigenvalue weighted by atomic mass is 79.9. The van der Waals surface area contributed by atoms with Crippen molar-refractivity contribution >= 4 is 33.7 Å². The first-order valence-corrected chi connectivity index (χ1v) is 7.77. The molecular formula is C13H16BrNO2S. The van der Waals surface area contributed by atoms with Crippen molar-refractivity contribution in [2.45, 2.75) is 24.3 Å². The van der Waals surface area contributed by atoms with E-state index in [9.17, 15) is 4.79 Å². The van der Waals surface area contributed by atoms with Gasteiger partial charge in [-0.3, -0.25) is 9.69 Å². The third-order valence-electron chi connectivity index (χ3n) is 3.16. The van der Waals surface area contributed by atoms with Crippen LogP contribution in [-0.4, -0.2) is 34.8 Å². The van der Waals surface area contributed by atoms with Crippen molar-refractivity contribution in [2.24, 2.45) is 0 Å². The van der Waals surface area contributed by atoms with Crippen molar-refractivity contribution in [1.29, 1.82) is 0 Å². The second kappa shape index (κ2) is 6.08. The molecule has 98 valence electrons. The minimum absolute atomic E-state index is 0.109. The summed E-state index contributed by atoms with van der Waals surface area (Å²) in [5.74, 6) is 0.293. The van der Waals surface area contributed by atoms with E-state index in [0.717, 1.165) is 23.2 Å². The van der Waals surface area contributed by atoms with Crippen molar-refractivity contribution in [3.05, 3.63) is 28.2 Å². The average molecular weight is 330 g/mol. The third kappa shape index (κ3) is 3.08. The average Bonchev–Trinajstić information content (AvgIpc) is 2.35. The van der Waals surface area contributed by atoms with Crippen LogP contribution in [0.15, 0.2) is 27.6 Å². The van der Waals surface area contributed by atoms with Gasteiger partial charge in [0.2, 0.25) is 0 Å². The minimum Gasteiger partial charge on any atom is -0.480 e. The fraction of sp³-hybridized carbons (Fsp3) is 0.462. The quantitative estimate of drug-likeness (QED) is 0.919. The van der Waals surface area contributed by atoms with Gasteiger partial charge in [-0.15, -0.1) is 11.8 Å². The molecule has 1 N–H and O–H groups in total. The first kappa shape index (κ1) is 13.9. The van der Waals surface area contributed by atoms with E-state index in [2.05, 4.69) is 28.1 Å². The number of carbonyl (C=O) groups is 1. The summed E-state index contributed by atoms with van der Waals surface area (Å²) in [6.45, 7) is 2.88. The molecule has 1 aliphatic heterocycles. The van der Waals surface area contributed by atoms with E-state index >= 15 is 0 Å². The van der Waals surface area contributed by atoms with Gasteiger partial charge in [-0.05, 0) is 42.5 Å². The molecule has 0 saturated carbocycles. The van der Waals surface area contributed by atoms with Gasteiger partial charge in [0.25, 0.3) is 0 Å². The Morgan fingerprint density at radius 2 is 2.39 bits per heavy atom. The molecule has 1 atom stereocenters. The van der Waals surface area contributed by atoms with Crippen LogP contribution in [0.2, 0.25) is 0 Å². The first-order valence-electron chi connectivity index (χ1n) is 6.00. The maximum absolute atomic E-state index is 10.9. The van der Waals surface area contributed by atoms with Crippen molar-refractivity contribution in [2.75, 3.05) is 18.8 Å². The Labute approximate surface area is 120 Å². The fourth-order valence-electron chi connectivity index (χ4n) is 2.34. The van der Waals surface area contributed by atoms with Gasteiger partial charge in [0.1, 0.15) is 0 Å². The number of likely N-dealkylation sites (N-methyl/N-ethyl adjacent to an activating group) is 1. The van der Waals surface area contributed by atoms with Crippen LogP contribution >= 0.6 is 27.7 Å². The van der Waals surface area contributed by atoms with Crippen LogP contribution in [0.3, 0.4) is 0 Å². The summed E-state index contributed by atoms with van der Waals surface area (Å²) >= 11 is 5.35. The number of carboxylic acids is 1. The molecule has 0 unspecified atom stereocenters. The molecule has 5 heteroatoms. The van der Waals surface area contributed by atoms with Gasteiger partial charge in [-0.2, -0.15) is 0 Å². The normalized spacial score (nSPS) is 18.7. The summed E-state index contributed by atoms with van der Waals surface area (Å²) < 4.78 is 1.06. The van der Waals surface area contributed by atoms with Gasteiger partial charge in [-0.1, -0.05) is 22.9 Å². The number of carboxylic acid groups (broad SMARTS) is 1. The Hall–Kier alpha value is -0.520. The molecule has 2 rings (SSSR count). The van der Waals surface area contributed by atoms with Gasteiger partial charge in [0, 0.05) is 15.4 Å². The summed E-state index contributed by atoms with van der Waals surface area (Å²) in [6, 6.07) is 6.50. The summed E-state index contributed by atoms with van der Waals surface area (Å²) in [4.78, 5) is 14.2. The SMILES string of the molecule is CCN(CC(=O)O)[C@@H]1CCSc2ccc(Br)cc21. The highest BCUT2D eigenvalue weighted by Gasteiger charge is 2.26. The Kier molecular flexibility index (Phi) is 4.70. The van der Waals surface area contributed by atoms with Crippen molar-refractivity contribution < 1.29 is 9.90 Å². The van der Waals surface area contributed by atoms with E-state index in [1.54, 1.807) is 0 Å². The number of halogens is 1. The lowest BCUT2D eigenvalue weighted by atomic mass is 10.0. The van der Waals surface area contributed by atoms with E-state index in [-0.39, 0.29) is 12.6 Å². The molecule has 0 spiro atoms. The second-order valence-electron chi connectivity index (χ2n) is 4.29. The molecule has 0 aromatic heterocycles. The molecule has 0 amide bonds. The van der Waals surface area contributed by atoms with Crippen LogP contribution in [0.1, 0.15) is 24.9 Å². The van der Waals surface area contributed by atoms with Crippen molar-refractivity contribution in [3.63, 3.8) is 0 Å². The number of nitrogens with zero attached hydrogens (tertiary/aromatic N) is 1. The molecule has 0 aliphatic carbocycles. The number of fused-ring (bicyclic) bond motifs is 1. The number of benzene rings is 1. The lowest BCUT2D eigenvalue weighted by Gasteiger charge is -2.34. The van der Waals surface area contributed by atoms with Gasteiger partial charge >= 0.3 is 5.97 Å². The zero-order valence-electron chi connectivity index (χ0n) is 10.2. The van der Waals surface area contributed by atoms with Gasteiger partial charge in [0.15, 0.2) is 0 Å². The topological polar surface area (TPSA) is 40.5 Å². The maximum atomic E-state index is 10.9. The molecule has 1 aliphatic rings. The molecule has 0 radical (unpaired) electrons. The molecular weight excluding hydrogens is 314 g/mol. The van der Waals surface area contributed by atoms with E-state index in [4.69, 9.17) is 5.11 Å². The highest BCUT2D eigenvalue weighted by molar-refractivity contribution is 9.10. The highest BCUT2D eigenvalue weighted by Crippen LogP contribution is 2.40. The number of hydrogen-bond donors (Lipinski definition) is 1. The molecule has 1 heterocycles. The van der Waals surface area contributed by atoms with E-state index in [1.807, 2.05) is 29.7 Å². The third-order valence-corrected chi connectivity index (χ3v) is 4.78. The summed E-state index contributed by atoms with van der Waals surface area (Å²) in [5.41, 5.74) is 1.25. The van der Waals surface area contributed by atoms with Gasteiger partial charge in [-0.25, -0.2) is 0 Å².